The largest absolute Gasteiger partial charge is 0.290 e. The van der Waals surface area contributed by atoms with Gasteiger partial charge in [0.05, 0.1) is 5.69 Å². The van der Waals surface area contributed by atoms with E-state index in [9.17, 15) is 0 Å². The number of hydrogen-bond acceptors (Lipinski definition) is 2. The summed E-state index contributed by atoms with van der Waals surface area (Å²) < 4.78 is 0. The molecule has 0 radical (unpaired) electrons. The Morgan fingerprint density at radius 1 is 1.45 bits per heavy atom. The molecule has 3 heteroatoms. The lowest BCUT2D eigenvalue weighted by Crippen LogP contribution is -2.13. The molecule has 0 saturated heterocycles. The summed E-state index contributed by atoms with van der Waals surface area (Å²) >= 11 is 0. The molecule has 0 bridgehead atoms. The second-order valence-corrected chi connectivity index (χ2v) is 5.44. The summed E-state index contributed by atoms with van der Waals surface area (Å²) in [6, 6.07) is 8.27. The quantitative estimate of drug-likeness (QED) is 0.463. The van der Waals surface area contributed by atoms with Gasteiger partial charge in [-0.1, -0.05) is 38.0 Å². The number of amidine groups is 1. The number of nitrogens with one attached hydrogen (secondary N) is 1. The average Bonchev–Trinajstić information content (AvgIpc) is 2.93. The van der Waals surface area contributed by atoms with Crippen LogP contribution in [0, 0.1) is 5.92 Å². The third kappa shape index (κ3) is 3.70. The van der Waals surface area contributed by atoms with Crippen molar-refractivity contribution >= 4 is 17.1 Å². The van der Waals surface area contributed by atoms with E-state index in [1.165, 1.54) is 43.2 Å². The summed E-state index contributed by atoms with van der Waals surface area (Å²) in [5.41, 5.74) is 5.70. The van der Waals surface area contributed by atoms with Crippen molar-refractivity contribution in [2.75, 3.05) is 0 Å². The summed E-state index contributed by atoms with van der Waals surface area (Å²) in [7, 11) is 0. The molecule has 1 aromatic carbocycles. The monoisotopic (exact) mass is 272 g/mol. The second kappa shape index (κ2) is 7.25. The molecule has 1 aromatic rings. The lowest BCUT2D eigenvalue weighted by atomic mass is 9.90. The van der Waals surface area contributed by atoms with E-state index in [4.69, 9.17) is 5.21 Å². The number of nitrogens with zero attached hydrogens (tertiary/aromatic N) is 1. The van der Waals surface area contributed by atoms with Crippen LogP contribution in [0.2, 0.25) is 0 Å². The van der Waals surface area contributed by atoms with Gasteiger partial charge in [-0.25, -0.2) is 4.99 Å². The van der Waals surface area contributed by atoms with E-state index >= 15 is 0 Å². The summed E-state index contributed by atoms with van der Waals surface area (Å²) in [5, 5.41) is 8.82. The number of aliphatic imine (C=N–C) groups is 1. The highest BCUT2D eigenvalue weighted by Crippen LogP contribution is 2.37. The Morgan fingerprint density at radius 2 is 2.30 bits per heavy atom. The van der Waals surface area contributed by atoms with Gasteiger partial charge in [-0.15, -0.1) is 0 Å². The second-order valence-electron chi connectivity index (χ2n) is 5.44. The molecule has 108 valence electrons. The topological polar surface area (TPSA) is 44.6 Å². The van der Waals surface area contributed by atoms with Crippen LogP contribution in [0.5, 0.6) is 0 Å². The summed E-state index contributed by atoms with van der Waals surface area (Å²) in [5.74, 6) is 1.20. The van der Waals surface area contributed by atoms with Crippen LogP contribution in [0.3, 0.4) is 0 Å². The molecule has 3 nitrogen and oxygen atoms in total. The zero-order valence-corrected chi connectivity index (χ0v) is 12.4. The maximum absolute atomic E-state index is 8.82. The van der Waals surface area contributed by atoms with Gasteiger partial charge in [0.1, 0.15) is 5.84 Å². The minimum Gasteiger partial charge on any atom is -0.290 e. The van der Waals surface area contributed by atoms with Gasteiger partial charge >= 0.3 is 0 Å². The van der Waals surface area contributed by atoms with Crippen LogP contribution >= 0.6 is 0 Å². The molecule has 1 aliphatic carbocycles. The first-order chi connectivity index (χ1) is 9.74. The Morgan fingerprint density at radius 3 is 3.05 bits per heavy atom. The van der Waals surface area contributed by atoms with Crippen LogP contribution in [-0.4, -0.2) is 11.0 Å². The minimum absolute atomic E-state index is 0.505. The Balaban J connectivity index is 2.18. The fourth-order valence-corrected chi connectivity index (χ4v) is 2.84. The van der Waals surface area contributed by atoms with E-state index in [0.29, 0.717) is 11.8 Å². The van der Waals surface area contributed by atoms with E-state index in [1.807, 2.05) is 12.1 Å². The van der Waals surface area contributed by atoms with E-state index in [1.54, 1.807) is 6.92 Å². The van der Waals surface area contributed by atoms with E-state index in [2.05, 4.69) is 35.6 Å². The molecule has 0 spiro atoms. The lowest BCUT2D eigenvalue weighted by molar-refractivity contribution is 0.234. The Kier molecular flexibility index (Phi) is 5.36. The van der Waals surface area contributed by atoms with E-state index in [-0.39, 0.29) is 0 Å². The van der Waals surface area contributed by atoms with Gasteiger partial charge in [-0.3, -0.25) is 10.7 Å². The SMILES string of the molecule is CCCCC1CCC=C1c1cccc(N=C(C)NO)c1. The fourth-order valence-electron chi connectivity index (χ4n) is 2.84. The molecule has 0 aromatic heterocycles. The Bertz CT molecular complexity index is 505. The van der Waals surface area contributed by atoms with Crippen molar-refractivity contribution in [1.29, 1.82) is 0 Å². The number of hydroxylamine groups is 1. The number of hydrogen-bond donors (Lipinski definition) is 2. The van der Waals surface area contributed by atoms with Crippen LogP contribution in [0.25, 0.3) is 5.57 Å². The van der Waals surface area contributed by atoms with Crippen molar-refractivity contribution in [1.82, 2.24) is 5.48 Å². The maximum atomic E-state index is 8.82. The van der Waals surface area contributed by atoms with Gasteiger partial charge < -0.3 is 0 Å². The van der Waals surface area contributed by atoms with Crippen LogP contribution in [-0.2, 0) is 0 Å². The highest BCUT2D eigenvalue weighted by Gasteiger charge is 2.20. The molecule has 0 heterocycles. The van der Waals surface area contributed by atoms with Crippen LogP contribution < -0.4 is 5.48 Å². The molecular formula is C17H24N2O. The predicted octanol–water partition coefficient (Wildman–Crippen LogP) is 4.70. The summed E-state index contributed by atoms with van der Waals surface area (Å²) in [6.07, 6.45) is 8.69. The standard InChI is InChI=1S/C17H24N2O/c1-3-4-7-14-8-6-11-17(14)15-9-5-10-16(12-15)18-13(2)19-20/h5,9-12,14,20H,3-4,6-8H2,1-2H3,(H,18,19). The molecule has 0 amide bonds. The number of allylic oxidation sites excluding steroid dienone is 2. The normalized spacial score (nSPS) is 19.1. The van der Waals surface area contributed by atoms with Gasteiger partial charge in [-0.2, -0.15) is 0 Å². The van der Waals surface area contributed by atoms with Crippen LogP contribution in [0.15, 0.2) is 35.3 Å². The maximum Gasteiger partial charge on any atom is 0.123 e. The molecule has 2 rings (SSSR count). The molecule has 0 saturated carbocycles. The van der Waals surface area contributed by atoms with Crippen molar-refractivity contribution in [2.24, 2.45) is 10.9 Å². The van der Waals surface area contributed by atoms with E-state index in [0.717, 1.165) is 5.69 Å². The van der Waals surface area contributed by atoms with Crippen molar-refractivity contribution in [3.63, 3.8) is 0 Å². The van der Waals surface area contributed by atoms with Gasteiger partial charge in [-0.05, 0) is 55.4 Å². The smallest absolute Gasteiger partial charge is 0.123 e. The minimum atomic E-state index is 0.505. The van der Waals surface area contributed by atoms with Crippen LogP contribution in [0.4, 0.5) is 5.69 Å². The fraction of sp³-hybridized carbons (Fsp3) is 0.471. The zero-order chi connectivity index (χ0) is 14.4. The van der Waals surface area contributed by atoms with Crippen molar-refractivity contribution in [3.05, 3.63) is 35.9 Å². The van der Waals surface area contributed by atoms with Crippen LogP contribution in [0.1, 0.15) is 51.5 Å². The van der Waals surface area contributed by atoms with Gasteiger partial charge in [0, 0.05) is 0 Å². The molecular weight excluding hydrogens is 248 g/mol. The first kappa shape index (κ1) is 14.8. The molecule has 20 heavy (non-hydrogen) atoms. The lowest BCUT2D eigenvalue weighted by Gasteiger charge is -2.15. The molecule has 1 atom stereocenters. The van der Waals surface area contributed by atoms with E-state index < -0.39 is 0 Å². The van der Waals surface area contributed by atoms with Gasteiger partial charge in [0.15, 0.2) is 0 Å². The Labute approximate surface area is 121 Å². The zero-order valence-electron chi connectivity index (χ0n) is 12.4. The summed E-state index contributed by atoms with van der Waals surface area (Å²) in [4.78, 5) is 4.33. The van der Waals surface area contributed by atoms with Crippen molar-refractivity contribution < 1.29 is 5.21 Å². The number of rotatable bonds is 5. The third-order valence-corrected chi connectivity index (χ3v) is 3.86. The van der Waals surface area contributed by atoms with Gasteiger partial charge in [0.25, 0.3) is 0 Å². The molecule has 0 aliphatic heterocycles. The molecule has 0 fully saturated rings. The van der Waals surface area contributed by atoms with Crippen molar-refractivity contribution in [2.45, 2.75) is 46.0 Å². The van der Waals surface area contributed by atoms with Gasteiger partial charge in [0.2, 0.25) is 0 Å². The molecule has 1 unspecified atom stereocenters. The highest BCUT2D eigenvalue weighted by molar-refractivity contribution is 5.82. The molecule has 1 aliphatic rings. The highest BCUT2D eigenvalue weighted by atomic mass is 16.5. The Hall–Kier alpha value is -1.61. The summed E-state index contributed by atoms with van der Waals surface area (Å²) in [6.45, 7) is 3.99. The number of unbranched alkanes of at least 4 members (excludes halogenated alkanes) is 1. The molecule has 2 N–H and O–H groups in total. The predicted molar refractivity (Wildman–Crippen MR) is 84.4 cm³/mol. The first-order valence-corrected chi connectivity index (χ1v) is 7.50. The number of benzene rings is 1. The first-order valence-electron chi connectivity index (χ1n) is 7.50. The third-order valence-electron chi connectivity index (χ3n) is 3.86. The average molecular weight is 272 g/mol. The van der Waals surface area contributed by atoms with Crippen molar-refractivity contribution in [3.8, 4) is 0 Å².